The Morgan fingerprint density at radius 1 is 1.44 bits per heavy atom. The van der Waals surface area contributed by atoms with Gasteiger partial charge in [0, 0.05) is 19.0 Å². The van der Waals surface area contributed by atoms with Gasteiger partial charge in [-0.2, -0.15) is 0 Å². The zero-order chi connectivity index (χ0) is 11.4. The maximum Gasteiger partial charge on any atom is 0.174 e. The Balaban J connectivity index is 1.71. The number of thiophene rings is 1. The van der Waals surface area contributed by atoms with Crippen molar-refractivity contribution in [2.24, 2.45) is 0 Å². The zero-order valence-corrected chi connectivity index (χ0v) is 11.6. The van der Waals surface area contributed by atoms with E-state index in [1.54, 1.807) is 0 Å². The summed E-state index contributed by atoms with van der Waals surface area (Å²) in [5.74, 6) is 0.251. The monoisotopic (exact) mass is 301 g/mol. The van der Waals surface area contributed by atoms with Crippen LogP contribution < -0.4 is 5.32 Å². The normalized spacial score (nSPS) is 16.8. The van der Waals surface area contributed by atoms with Gasteiger partial charge in [-0.1, -0.05) is 12.8 Å². The topological polar surface area (TPSA) is 29.1 Å². The van der Waals surface area contributed by atoms with E-state index in [1.165, 1.54) is 37.0 Å². The maximum absolute atomic E-state index is 11.8. The lowest BCUT2D eigenvalue weighted by Gasteiger charge is -2.10. The minimum atomic E-state index is 0.251. The molecular formula is C12H16BrNOS. The van der Waals surface area contributed by atoms with E-state index in [4.69, 9.17) is 0 Å². The van der Waals surface area contributed by atoms with Gasteiger partial charge in [-0.25, -0.2) is 0 Å². The summed E-state index contributed by atoms with van der Waals surface area (Å²) >= 11 is 4.89. The second kappa shape index (κ2) is 5.94. The molecule has 1 aliphatic rings. The Morgan fingerprint density at radius 2 is 2.19 bits per heavy atom. The van der Waals surface area contributed by atoms with Crippen LogP contribution in [0.15, 0.2) is 15.9 Å². The molecule has 0 amide bonds. The number of ketones is 1. The first-order valence-corrected chi connectivity index (χ1v) is 7.38. The molecule has 1 fully saturated rings. The Labute approximate surface area is 109 Å². The summed E-state index contributed by atoms with van der Waals surface area (Å²) < 4.78 is 1.03. The van der Waals surface area contributed by atoms with E-state index in [0.29, 0.717) is 12.5 Å². The van der Waals surface area contributed by atoms with Crippen LogP contribution in [0.1, 0.15) is 41.8 Å². The van der Waals surface area contributed by atoms with Crippen molar-refractivity contribution >= 4 is 33.0 Å². The van der Waals surface area contributed by atoms with E-state index in [0.717, 1.165) is 15.2 Å². The number of carbonyl (C=O) groups excluding carboxylic acids is 1. The molecule has 0 saturated heterocycles. The molecule has 88 valence electrons. The van der Waals surface area contributed by atoms with Crippen LogP contribution in [-0.4, -0.2) is 18.4 Å². The van der Waals surface area contributed by atoms with Crippen molar-refractivity contribution in [3.63, 3.8) is 0 Å². The van der Waals surface area contributed by atoms with Gasteiger partial charge in [0.2, 0.25) is 0 Å². The maximum atomic E-state index is 11.8. The predicted molar refractivity (Wildman–Crippen MR) is 71.2 cm³/mol. The molecule has 1 aromatic heterocycles. The average Bonchev–Trinajstić information content (AvgIpc) is 2.89. The Morgan fingerprint density at radius 3 is 2.81 bits per heavy atom. The minimum Gasteiger partial charge on any atom is -0.314 e. The molecule has 1 saturated carbocycles. The van der Waals surface area contributed by atoms with Gasteiger partial charge >= 0.3 is 0 Å². The molecular weight excluding hydrogens is 286 g/mol. The van der Waals surface area contributed by atoms with Crippen molar-refractivity contribution in [1.29, 1.82) is 0 Å². The number of nitrogens with one attached hydrogen (secondary N) is 1. The third-order valence-electron chi connectivity index (χ3n) is 2.99. The molecule has 0 spiro atoms. The average molecular weight is 302 g/mol. The van der Waals surface area contributed by atoms with E-state index < -0.39 is 0 Å². The summed E-state index contributed by atoms with van der Waals surface area (Å²) in [5, 5.41) is 3.46. The highest BCUT2D eigenvalue weighted by Gasteiger charge is 2.14. The van der Waals surface area contributed by atoms with Gasteiger partial charge in [0.1, 0.15) is 0 Å². The number of Topliss-reactive ketones (excluding diaryl/α,β-unsaturated/α-hetero) is 1. The standard InChI is InChI=1S/C12H16BrNOS/c13-12-6-5-11(16-12)10(15)7-8-14-9-3-1-2-4-9/h5-6,9,14H,1-4,7-8H2. The van der Waals surface area contributed by atoms with Crippen molar-refractivity contribution in [1.82, 2.24) is 5.32 Å². The zero-order valence-electron chi connectivity index (χ0n) is 9.17. The lowest BCUT2D eigenvalue weighted by Crippen LogP contribution is -2.28. The number of rotatable bonds is 5. The Bertz CT molecular complexity index is 358. The summed E-state index contributed by atoms with van der Waals surface area (Å²) in [5.41, 5.74) is 0. The van der Waals surface area contributed by atoms with Crippen LogP contribution >= 0.6 is 27.3 Å². The highest BCUT2D eigenvalue weighted by atomic mass is 79.9. The largest absolute Gasteiger partial charge is 0.314 e. The first-order valence-electron chi connectivity index (χ1n) is 5.77. The van der Waals surface area contributed by atoms with Crippen molar-refractivity contribution in [3.8, 4) is 0 Å². The molecule has 0 bridgehead atoms. The van der Waals surface area contributed by atoms with Crippen LogP contribution in [0.5, 0.6) is 0 Å². The highest BCUT2D eigenvalue weighted by molar-refractivity contribution is 9.11. The molecule has 1 N–H and O–H groups in total. The number of hydrogen-bond acceptors (Lipinski definition) is 3. The van der Waals surface area contributed by atoms with Crippen LogP contribution in [0.3, 0.4) is 0 Å². The van der Waals surface area contributed by atoms with Gasteiger partial charge in [0.05, 0.1) is 8.66 Å². The van der Waals surface area contributed by atoms with Gasteiger partial charge in [-0.3, -0.25) is 4.79 Å². The summed E-state index contributed by atoms with van der Waals surface area (Å²) in [6.07, 6.45) is 5.84. The molecule has 2 nitrogen and oxygen atoms in total. The highest BCUT2D eigenvalue weighted by Crippen LogP contribution is 2.23. The summed E-state index contributed by atoms with van der Waals surface area (Å²) in [6.45, 7) is 0.818. The van der Waals surface area contributed by atoms with E-state index >= 15 is 0 Å². The molecule has 0 aliphatic heterocycles. The fourth-order valence-electron chi connectivity index (χ4n) is 2.11. The lowest BCUT2D eigenvalue weighted by atomic mass is 10.2. The number of halogens is 1. The Hall–Kier alpha value is -0.190. The van der Waals surface area contributed by atoms with Gasteiger partial charge in [-0.05, 0) is 40.9 Å². The van der Waals surface area contributed by atoms with E-state index in [1.807, 2.05) is 12.1 Å². The van der Waals surface area contributed by atoms with Crippen LogP contribution in [-0.2, 0) is 0 Å². The quantitative estimate of drug-likeness (QED) is 0.842. The molecule has 0 unspecified atom stereocenters. The summed E-state index contributed by atoms with van der Waals surface area (Å²) in [4.78, 5) is 12.6. The molecule has 0 aromatic carbocycles. The molecule has 0 atom stereocenters. The SMILES string of the molecule is O=C(CCNC1CCCC1)c1ccc(Br)s1. The molecule has 1 heterocycles. The van der Waals surface area contributed by atoms with Crippen molar-refractivity contribution in [3.05, 3.63) is 20.8 Å². The molecule has 1 aliphatic carbocycles. The predicted octanol–water partition coefficient (Wildman–Crippen LogP) is 3.62. The van der Waals surface area contributed by atoms with Crippen molar-refractivity contribution in [2.75, 3.05) is 6.54 Å². The van der Waals surface area contributed by atoms with Crippen LogP contribution in [0.2, 0.25) is 0 Å². The van der Waals surface area contributed by atoms with Gasteiger partial charge < -0.3 is 5.32 Å². The summed E-state index contributed by atoms with van der Waals surface area (Å²) in [7, 11) is 0. The second-order valence-corrected chi connectivity index (χ2v) is 6.68. The van der Waals surface area contributed by atoms with E-state index in [9.17, 15) is 4.79 Å². The summed E-state index contributed by atoms with van der Waals surface area (Å²) in [6, 6.07) is 4.48. The van der Waals surface area contributed by atoms with Crippen molar-refractivity contribution in [2.45, 2.75) is 38.1 Å². The molecule has 4 heteroatoms. The number of hydrogen-bond donors (Lipinski definition) is 1. The van der Waals surface area contributed by atoms with Crippen LogP contribution in [0.4, 0.5) is 0 Å². The van der Waals surface area contributed by atoms with E-state index in [-0.39, 0.29) is 5.78 Å². The Kier molecular flexibility index (Phi) is 4.55. The lowest BCUT2D eigenvalue weighted by molar-refractivity contribution is 0.0985. The van der Waals surface area contributed by atoms with Crippen molar-refractivity contribution < 1.29 is 4.79 Å². The van der Waals surface area contributed by atoms with E-state index in [2.05, 4.69) is 21.2 Å². The fraction of sp³-hybridized carbons (Fsp3) is 0.583. The first-order chi connectivity index (χ1) is 7.75. The minimum absolute atomic E-state index is 0.251. The molecule has 2 rings (SSSR count). The molecule has 16 heavy (non-hydrogen) atoms. The first kappa shape index (κ1) is 12.3. The molecule has 0 radical (unpaired) electrons. The van der Waals surface area contributed by atoms with Crippen LogP contribution in [0, 0.1) is 0 Å². The van der Waals surface area contributed by atoms with Gasteiger partial charge in [0.15, 0.2) is 5.78 Å². The van der Waals surface area contributed by atoms with Gasteiger partial charge in [0.25, 0.3) is 0 Å². The molecule has 1 aromatic rings. The smallest absolute Gasteiger partial charge is 0.174 e. The third kappa shape index (κ3) is 3.40. The van der Waals surface area contributed by atoms with Crippen LogP contribution in [0.25, 0.3) is 0 Å². The third-order valence-corrected chi connectivity index (χ3v) is 4.65. The second-order valence-electron chi connectivity index (χ2n) is 4.21. The number of carbonyl (C=O) groups is 1. The fourth-order valence-corrected chi connectivity index (χ4v) is 3.46. The van der Waals surface area contributed by atoms with Gasteiger partial charge in [-0.15, -0.1) is 11.3 Å².